The van der Waals surface area contributed by atoms with E-state index in [0.717, 1.165) is 17.7 Å². The van der Waals surface area contributed by atoms with E-state index in [0.29, 0.717) is 6.42 Å². The molecule has 0 aliphatic heterocycles. The molecule has 0 radical (unpaired) electrons. The fraction of sp³-hybridized carbons (Fsp3) is 0.417. The zero-order valence-corrected chi connectivity index (χ0v) is 10.5. The van der Waals surface area contributed by atoms with E-state index in [4.69, 9.17) is 5.73 Å². The molecule has 1 aromatic carbocycles. The summed E-state index contributed by atoms with van der Waals surface area (Å²) in [6.07, 6.45) is 1.55. The number of halogens is 1. The van der Waals surface area contributed by atoms with E-state index >= 15 is 0 Å². The second-order valence-corrected chi connectivity index (χ2v) is 3.51. The molecule has 0 aliphatic carbocycles. The zero-order valence-electron chi connectivity index (χ0n) is 9.69. The van der Waals surface area contributed by atoms with Gasteiger partial charge in [0.1, 0.15) is 0 Å². The zero-order chi connectivity index (χ0) is 11.3. The lowest BCUT2D eigenvalue weighted by atomic mass is 10.1. The third kappa shape index (κ3) is 3.83. The van der Waals surface area contributed by atoms with Crippen LogP contribution in [0.2, 0.25) is 0 Å². The molecule has 0 unspecified atom stereocenters. The molecule has 0 saturated carbocycles. The summed E-state index contributed by atoms with van der Waals surface area (Å²) < 4.78 is 0. The lowest BCUT2D eigenvalue weighted by molar-refractivity contribution is -0.117. The van der Waals surface area contributed by atoms with Crippen molar-refractivity contribution in [3.05, 3.63) is 29.8 Å². The van der Waals surface area contributed by atoms with Gasteiger partial charge in [-0.15, -0.1) is 12.4 Å². The maximum atomic E-state index is 11.6. The fourth-order valence-corrected chi connectivity index (χ4v) is 1.36. The van der Waals surface area contributed by atoms with Crippen molar-refractivity contribution in [3.63, 3.8) is 0 Å². The van der Waals surface area contributed by atoms with Crippen LogP contribution in [0.25, 0.3) is 0 Å². The normalized spacial score (nSPS) is 11.4. The minimum Gasteiger partial charge on any atom is -0.324 e. The predicted octanol–water partition coefficient (Wildman–Crippen LogP) is 2.35. The molecule has 0 fully saturated rings. The van der Waals surface area contributed by atoms with Crippen molar-refractivity contribution in [3.8, 4) is 0 Å². The number of benzene rings is 1. The number of hydrogen-bond acceptors (Lipinski definition) is 2. The third-order valence-corrected chi connectivity index (χ3v) is 2.43. The van der Waals surface area contributed by atoms with Crippen LogP contribution in [0.4, 0.5) is 5.69 Å². The largest absolute Gasteiger partial charge is 0.324 e. The van der Waals surface area contributed by atoms with E-state index in [-0.39, 0.29) is 18.3 Å². The topological polar surface area (TPSA) is 55.1 Å². The molecule has 3 N–H and O–H groups in total. The van der Waals surface area contributed by atoms with Crippen LogP contribution in [0.3, 0.4) is 0 Å². The second kappa shape index (κ2) is 7.25. The quantitative estimate of drug-likeness (QED) is 0.852. The van der Waals surface area contributed by atoms with Gasteiger partial charge in [-0.05, 0) is 24.5 Å². The summed E-state index contributed by atoms with van der Waals surface area (Å²) in [4.78, 5) is 11.6. The van der Waals surface area contributed by atoms with Gasteiger partial charge in [-0.25, -0.2) is 0 Å². The molecule has 1 atom stereocenters. The molecule has 1 aromatic rings. The number of carbonyl (C=O) groups excluding carboxylic acids is 1. The SMILES string of the molecule is CCc1ccccc1NC(=O)[C@@H](N)CC.Cl. The Morgan fingerprint density at radius 3 is 2.56 bits per heavy atom. The van der Waals surface area contributed by atoms with Crippen molar-refractivity contribution in [1.29, 1.82) is 0 Å². The number of carbonyl (C=O) groups is 1. The summed E-state index contributed by atoms with van der Waals surface area (Å²) in [6.45, 7) is 3.96. The Balaban J connectivity index is 0.00000225. The van der Waals surface area contributed by atoms with Crippen LogP contribution in [0.15, 0.2) is 24.3 Å². The maximum absolute atomic E-state index is 11.6. The predicted molar refractivity (Wildman–Crippen MR) is 70.0 cm³/mol. The van der Waals surface area contributed by atoms with Gasteiger partial charge in [0.2, 0.25) is 5.91 Å². The van der Waals surface area contributed by atoms with Gasteiger partial charge in [0, 0.05) is 5.69 Å². The Hall–Kier alpha value is -1.06. The van der Waals surface area contributed by atoms with Gasteiger partial charge in [-0.1, -0.05) is 32.0 Å². The Labute approximate surface area is 103 Å². The summed E-state index contributed by atoms with van der Waals surface area (Å²) in [5.74, 6) is -0.113. The summed E-state index contributed by atoms with van der Waals surface area (Å²) in [5, 5.41) is 2.85. The van der Waals surface area contributed by atoms with Crippen LogP contribution >= 0.6 is 12.4 Å². The molecule has 4 heteroatoms. The van der Waals surface area contributed by atoms with Crippen molar-refractivity contribution in [2.45, 2.75) is 32.7 Å². The number of amides is 1. The lowest BCUT2D eigenvalue weighted by Gasteiger charge is -2.12. The average Bonchev–Trinajstić information content (AvgIpc) is 2.28. The monoisotopic (exact) mass is 242 g/mol. The Morgan fingerprint density at radius 2 is 2.00 bits per heavy atom. The van der Waals surface area contributed by atoms with Gasteiger partial charge in [-0.2, -0.15) is 0 Å². The van der Waals surface area contributed by atoms with Crippen molar-refractivity contribution < 1.29 is 4.79 Å². The minimum atomic E-state index is -0.421. The van der Waals surface area contributed by atoms with E-state index in [9.17, 15) is 4.79 Å². The summed E-state index contributed by atoms with van der Waals surface area (Å²) in [6, 6.07) is 7.36. The highest BCUT2D eigenvalue weighted by Crippen LogP contribution is 2.15. The molecule has 0 aliphatic rings. The number of nitrogens with one attached hydrogen (secondary N) is 1. The molecule has 90 valence electrons. The first-order chi connectivity index (χ1) is 7.19. The first-order valence-corrected chi connectivity index (χ1v) is 5.33. The standard InChI is InChI=1S/C12H18N2O.ClH/c1-3-9-7-5-6-8-11(9)14-12(15)10(13)4-2;/h5-8,10H,3-4,13H2,1-2H3,(H,14,15);1H/t10-;/m0./s1. The van der Waals surface area contributed by atoms with Crippen LogP contribution in [-0.2, 0) is 11.2 Å². The third-order valence-electron chi connectivity index (χ3n) is 2.43. The molecule has 16 heavy (non-hydrogen) atoms. The summed E-state index contributed by atoms with van der Waals surface area (Å²) in [5.41, 5.74) is 7.65. The highest BCUT2D eigenvalue weighted by atomic mass is 35.5. The molecule has 0 heterocycles. The Morgan fingerprint density at radius 1 is 1.38 bits per heavy atom. The smallest absolute Gasteiger partial charge is 0.241 e. The summed E-state index contributed by atoms with van der Waals surface area (Å²) in [7, 11) is 0. The lowest BCUT2D eigenvalue weighted by Crippen LogP contribution is -2.35. The number of hydrogen-bond donors (Lipinski definition) is 2. The average molecular weight is 243 g/mol. The Kier molecular flexibility index (Phi) is 6.77. The van der Waals surface area contributed by atoms with Crippen molar-refractivity contribution in [2.75, 3.05) is 5.32 Å². The molecule has 0 bridgehead atoms. The highest BCUT2D eigenvalue weighted by molar-refractivity contribution is 5.95. The van der Waals surface area contributed by atoms with Gasteiger partial charge in [0.15, 0.2) is 0 Å². The molecule has 1 rings (SSSR count). The first kappa shape index (κ1) is 14.9. The number of rotatable bonds is 4. The van der Waals surface area contributed by atoms with Crippen LogP contribution in [0, 0.1) is 0 Å². The van der Waals surface area contributed by atoms with E-state index in [2.05, 4.69) is 12.2 Å². The van der Waals surface area contributed by atoms with Crippen LogP contribution in [0.5, 0.6) is 0 Å². The van der Waals surface area contributed by atoms with Crippen molar-refractivity contribution in [2.24, 2.45) is 5.73 Å². The van der Waals surface area contributed by atoms with Crippen LogP contribution < -0.4 is 11.1 Å². The van der Waals surface area contributed by atoms with Crippen molar-refractivity contribution >= 4 is 24.0 Å². The van der Waals surface area contributed by atoms with Gasteiger partial charge >= 0.3 is 0 Å². The molecule has 1 amide bonds. The first-order valence-electron chi connectivity index (χ1n) is 5.33. The number of aryl methyl sites for hydroxylation is 1. The Bertz CT molecular complexity index is 342. The fourth-order valence-electron chi connectivity index (χ4n) is 1.36. The highest BCUT2D eigenvalue weighted by Gasteiger charge is 2.11. The maximum Gasteiger partial charge on any atom is 0.241 e. The van der Waals surface area contributed by atoms with E-state index in [1.807, 2.05) is 31.2 Å². The number of para-hydroxylation sites is 1. The summed E-state index contributed by atoms with van der Waals surface area (Å²) >= 11 is 0. The van der Waals surface area contributed by atoms with Crippen LogP contribution in [0.1, 0.15) is 25.8 Å². The van der Waals surface area contributed by atoms with Gasteiger partial charge < -0.3 is 11.1 Å². The molecular formula is C12H19ClN2O. The van der Waals surface area contributed by atoms with E-state index < -0.39 is 6.04 Å². The van der Waals surface area contributed by atoms with Gasteiger partial charge in [-0.3, -0.25) is 4.79 Å². The molecule has 0 aromatic heterocycles. The van der Waals surface area contributed by atoms with Gasteiger partial charge in [0.05, 0.1) is 6.04 Å². The molecule has 3 nitrogen and oxygen atoms in total. The molecule has 0 spiro atoms. The number of anilines is 1. The van der Waals surface area contributed by atoms with Crippen molar-refractivity contribution in [1.82, 2.24) is 0 Å². The number of nitrogens with two attached hydrogens (primary N) is 1. The minimum absolute atomic E-state index is 0. The van der Waals surface area contributed by atoms with Crippen LogP contribution in [-0.4, -0.2) is 11.9 Å². The van der Waals surface area contributed by atoms with E-state index in [1.165, 1.54) is 0 Å². The second-order valence-electron chi connectivity index (χ2n) is 3.51. The molecular weight excluding hydrogens is 224 g/mol. The molecule has 0 saturated heterocycles. The van der Waals surface area contributed by atoms with E-state index in [1.54, 1.807) is 0 Å². The van der Waals surface area contributed by atoms with Gasteiger partial charge in [0.25, 0.3) is 0 Å².